The van der Waals surface area contributed by atoms with E-state index in [9.17, 15) is 9.90 Å². The average Bonchev–Trinajstić information content (AvgIpc) is 2.56. The van der Waals surface area contributed by atoms with E-state index in [1.807, 2.05) is 55.5 Å². The summed E-state index contributed by atoms with van der Waals surface area (Å²) >= 11 is 0. The zero-order valence-corrected chi connectivity index (χ0v) is 12.7. The van der Waals surface area contributed by atoms with Gasteiger partial charge >= 0.3 is 0 Å². The molecule has 0 aliphatic carbocycles. The van der Waals surface area contributed by atoms with Crippen LogP contribution in [0.5, 0.6) is 5.75 Å². The lowest BCUT2D eigenvalue weighted by molar-refractivity contribution is 0.0952. The molecule has 4 heteroatoms. The molecule has 3 aromatic rings. The molecule has 23 heavy (non-hydrogen) atoms. The van der Waals surface area contributed by atoms with Crippen LogP contribution in [-0.2, 0) is 0 Å². The van der Waals surface area contributed by atoms with E-state index in [-0.39, 0.29) is 11.3 Å². The summed E-state index contributed by atoms with van der Waals surface area (Å²) in [6, 6.07) is 18.5. The molecule has 3 aromatic carbocycles. The molecule has 0 aromatic heterocycles. The zero-order valence-electron chi connectivity index (χ0n) is 12.7. The second-order valence-corrected chi connectivity index (χ2v) is 5.27. The van der Waals surface area contributed by atoms with Gasteiger partial charge in [-0.25, -0.2) is 5.43 Å². The van der Waals surface area contributed by atoms with Gasteiger partial charge in [0.05, 0.1) is 11.8 Å². The first-order chi connectivity index (χ1) is 11.1. The number of nitrogens with one attached hydrogen (secondary N) is 1. The predicted molar refractivity (Wildman–Crippen MR) is 91.9 cm³/mol. The van der Waals surface area contributed by atoms with Crippen molar-refractivity contribution in [3.63, 3.8) is 0 Å². The van der Waals surface area contributed by atoms with Gasteiger partial charge in [-0.3, -0.25) is 4.79 Å². The van der Waals surface area contributed by atoms with Crippen LogP contribution >= 0.6 is 0 Å². The van der Waals surface area contributed by atoms with Crippen molar-refractivity contribution in [3.05, 3.63) is 77.4 Å². The summed E-state index contributed by atoms with van der Waals surface area (Å²) in [6.45, 7) is 1.97. The van der Waals surface area contributed by atoms with Crippen LogP contribution in [0.15, 0.2) is 65.8 Å². The first-order valence-electron chi connectivity index (χ1n) is 7.26. The van der Waals surface area contributed by atoms with Gasteiger partial charge in [0, 0.05) is 0 Å². The van der Waals surface area contributed by atoms with Crippen LogP contribution in [0.25, 0.3) is 10.8 Å². The van der Waals surface area contributed by atoms with Gasteiger partial charge in [-0.1, -0.05) is 48.5 Å². The molecular formula is C19H16N2O2. The number of phenols is 1. The van der Waals surface area contributed by atoms with Crippen LogP contribution in [0.1, 0.15) is 21.5 Å². The maximum Gasteiger partial charge on any atom is 0.275 e. The number of carbonyl (C=O) groups is 1. The second kappa shape index (κ2) is 6.32. The molecule has 4 nitrogen and oxygen atoms in total. The van der Waals surface area contributed by atoms with Gasteiger partial charge < -0.3 is 5.11 Å². The standard InChI is InChI=1S/C19H16N2O2/c1-13-6-2-3-9-16(13)12-20-21-19(23)17-10-14-7-4-5-8-15(14)11-18(17)22/h2-12,22H,1H3,(H,21,23). The molecule has 2 N–H and O–H groups in total. The summed E-state index contributed by atoms with van der Waals surface area (Å²) in [4.78, 5) is 12.2. The van der Waals surface area contributed by atoms with Crippen molar-refractivity contribution >= 4 is 22.9 Å². The smallest absolute Gasteiger partial charge is 0.275 e. The third-order valence-corrected chi connectivity index (χ3v) is 3.67. The Balaban J connectivity index is 1.81. The Labute approximate surface area is 134 Å². The number of amides is 1. The first-order valence-corrected chi connectivity index (χ1v) is 7.26. The van der Waals surface area contributed by atoms with Gasteiger partial charge in [0.25, 0.3) is 5.91 Å². The van der Waals surface area contributed by atoms with Crippen LogP contribution in [0.3, 0.4) is 0 Å². The van der Waals surface area contributed by atoms with E-state index in [2.05, 4.69) is 10.5 Å². The molecule has 0 saturated carbocycles. The van der Waals surface area contributed by atoms with Crippen molar-refractivity contribution in [2.24, 2.45) is 5.10 Å². The number of fused-ring (bicyclic) bond motifs is 1. The van der Waals surface area contributed by atoms with E-state index in [1.54, 1.807) is 18.3 Å². The average molecular weight is 304 g/mol. The molecule has 0 bridgehead atoms. The maximum atomic E-state index is 12.2. The van der Waals surface area contributed by atoms with E-state index in [0.29, 0.717) is 0 Å². The third-order valence-electron chi connectivity index (χ3n) is 3.67. The lowest BCUT2D eigenvalue weighted by atomic mass is 10.1. The highest BCUT2D eigenvalue weighted by molar-refractivity contribution is 6.01. The lowest BCUT2D eigenvalue weighted by Crippen LogP contribution is -2.17. The van der Waals surface area contributed by atoms with Crippen molar-refractivity contribution in [2.45, 2.75) is 6.92 Å². The molecule has 0 radical (unpaired) electrons. The zero-order chi connectivity index (χ0) is 16.2. The monoisotopic (exact) mass is 304 g/mol. The Kier molecular flexibility index (Phi) is 4.06. The van der Waals surface area contributed by atoms with Crippen molar-refractivity contribution in [1.29, 1.82) is 0 Å². The Morgan fingerprint density at radius 2 is 1.70 bits per heavy atom. The number of aryl methyl sites for hydroxylation is 1. The Morgan fingerprint density at radius 1 is 1.04 bits per heavy atom. The van der Waals surface area contributed by atoms with E-state index in [4.69, 9.17) is 0 Å². The highest BCUT2D eigenvalue weighted by Gasteiger charge is 2.11. The first kappa shape index (κ1) is 14.8. The Bertz CT molecular complexity index is 901. The SMILES string of the molecule is Cc1ccccc1C=NNC(=O)c1cc2ccccc2cc1O. The minimum Gasteiger partial charge on any atom is -0.507 e. The second-order valence-electron chi connectivity index (χ2n) is 5.27. The maximum absolute atomic E-state index is 12.2. The summed E-state index contributed by atoms with van der Waals surface area (Å²) in [5.74, 6) is -0.509. The highest BCUT2D eigenvalue weighted by atomic mass is 16.3. The van der Waals surface area contributed by atoms with E-state index < -0.39 is 5.91 Å². The fraction of sp³-hybridized carbons (Fsp3) is 0.0526. The summed E-state index contributed by atoms with van der Waals surface area (Å²) in [5.41, 5.74) is 4.65. The number of hydrogen-bond donors (Lipinski definition) is 2. The van der Waals surface area contributed by atoms with Crippen LogP contribution in [-0.4, -0.2) is 17.2 Å². The molecule has 3 rings (SSSR count). The highest BCUT2D eigenvalue weighted by Crippen LogP contribution is 2.24. The molecule has 0 spiro atoms. The molecule has 0 aliphatic rings. The van der Waals surface area contributed by atoms with Crippen molar-refractivity contribution in [1.82, 2.24) is 5.43 Å². The number of phenolic OH excluding ortho intramolecular Hbond substituents is 1. The topological polar surface area (TPSA) is 61.7 Å². The van der Waals surface area contributed by atoms with Gasteiger partial charge in [0.1, 0.15) is 5.75 Å². The molecule has 0 aliphatic heterocycles. The number of nitrogens with zero attached hydrogens (tertiary/aromatic N) is 1. The summed E-state index contributed by atoms with van der Waals surface area (Å²) < 4.78 is 0. The molecule has 0 fully saturated rings. The van der Waals surface area contributed by atoms with Crippen molar-refractivity contribution < 1.29 is 9.90 Å². The molecule has 1 amide bonds. The van der Waals surface area contributed by atoms with Gasteiger partial charge in [0.2, 0.25) is 0 Å². The number of hydrogen-bond acceptors (Lipinski definition) is 3. The van der Waals surface area contributed by atoms with Crippen molar-refractivity contribution in [3.8, 4) is 5.75 Å². The van der Waals surface area contributed by atoms with Crippen LogP contribution < -0.4 is 5.43 Å². The van der Waals surface area contributed by atoms with E-state index >= 15 is 0 Å². The number of rotatable bonds is 3. The van der Waals surface area contributed by atoms with Gasteiger partial charge in [-0.2, -0.15) is 5.10 Å². The summed E-state index contributed by atoms with van der Waals surface area (Å²) in [6.07, 6.45) is 1.59. The molecule has 0 heterocycles. The molecule has 114 valence electrons. The fourth-order valence-electron chi connectivity index (χ4n) is 2.36. The summed E-state index contributed by atoms with van der Waals surface area (Å²) in [7, 11) is 0. The Morgan fingerprint density at radius 3 is 2.43 bits per heavy atom. The van der Waals surface area contributed by atoms with Gasteiger partial charge in [-0.05, 0) is 41.0 Å². The Hall–Kier alpha value is -3.14. The third kappa shape index (κ3) is 3.21. The number of aromatic hydroxyl groups is 1. The van der Waals surface area contributed by atoms with Crippen LogP contribution in [0.2, 0.25) is 0 Å². The fourth-order valence-corrected chi connectivity index (χ4v) is 2.36. The number of hydrazone groups is 1. The van der Waals surface area contributed by atoms with Crippen molar-refractivity contribution in [2.75, 3.05) is 0 Å². The van der Waals surface area contributed by atoms with E-state index in [1.165, 1.54) is 0 Å². The minimum absolute atomic E-state index is 0.0627. The minimum atomic E-state index is -0.446. The van der Waals surface area contributed by atoms with E-state index in [0.717, 1.165) is 21.9 Å². The normalized spacial score (nSPS) is 11.0. The molecule has 0 unspecified atom stereocenters. The lowest BCUT2D eigenvalue weighted by Gasteiger charge is -2.06. The van der Waals surface area contributed by atoms with Gasteiger partial charge in [0.15, 0.2) is 0 Å². The molecule has 0 saturated heterocycles. The van der Waals surface area contributed by atoms with Crippen LogP contribution in [0, 0.1) is 6.92 Å². The summed E-state index contributed by atoms with van der Waals surface area (Å²) in [5, 5.41) is 15.8. The van der Waals surface area contributed by atoms with Crippen LogP contribution in [0.4, 0.5) is 0 Å². The molecule has 0 atom stereocenters. The quantitative estimate of drug-likeness (QED) is 0.573. The predicted octanol–water partition coefficient (Wildman–Crippen LogP) is 3.62. The van der Waals surface area contributed by atoms with Gasteiger partial charge in [-0.15, -0.1) is 0 Å². The number of carbonyl (C=O) groups excluding carboxylic acids is 1. The number of benzene rings is 3. The largest absolute Gasteiger partial charge is 0.507 e. The molecular weight excluding hydrogens is 288 g/mol.